The molecule has 0 aliphatic heterocycles. The van der Waals surface area contributed by atoms with Gasteiger partial charge in [0.05, 0.1) is 26.2 Å². The fourth-order valence-corrected chi connectivity index (χ4v) is 4.89. The molecule has 34 heavy (non-hydrogen) atoms. The maximum atomic E-state index is 12.7. The van der Waals surface area contributed by atoms with Gasteiger partial charge < -0.3 is 9.47 Å². The Morgan fingerprint density at radius 1 is 1.09 bits per heavy atom. The van der Waals surface area contributed by atoms with E-state index in [1.807, 2.05) is 49.4 Å². The van der Waals surface area contributed by atoms with Crippen molar-refractivity contribution in [2.45, 2.75) is 50.1 Å². The van der Waals surface area contributed by atoms with E-state index in [0.29, 0.717) is 22.4 Å². The summed E-state index contributed by atoms with van der Waals surface area (Å²) in [7, 11) is 3.26. The zero-order valence-electron chi connectivity index (χ0n) is 19.9. The van der Waals surface area contributed by atoms with Crippen LogP contribution in [0.2, 0.25) is 0 Å². The zero-order chi connectivity index (χ0) is 23.9. The summed E-state index contributed by atoms with van der Waals surface area (Å²) in [5, 5.41) is 14.3. The lowest BCUT2D eigenvalue weighted by Gasteiger charge is -2.20. The lowest BCUT2D eigenvalue weighted by atomic mass is 9.89. The molecule has 2 aromatic carbocycles. The first-order chi connectivity index (χ1) is 16.6. The van der Waals surface area contributed by atoms with Gasteiger partial charge in [-0.3, -0.25) is 4.79 Å². The second-order valence-electron chi connectivity index (χ2n) is 8.42. The largest absolute Gasteiger partial charge is 0.497 e. The molecule has 0 bridgehead atoms. The molecule has 1 fully saturated rings. The third kappa shape index (κ3) is 5.67. The Hall–Kier alpha value is -3.13. The number of carbonyl (C=O) groups is 1. The van der Waals surface area contributed by atoms with Crippen LogP contribution in [0.25, 0.3) is 0 Å². The van der Waals surface area contributed by atoms with Crippen LogP contribution in [0, 0.1) is 6.92 Å². The summed E-state index contributed by atoms with van der Waals surface area (Å²) < 4.78 is 12.6. The van der Waals surface area contributed by atoms with Crippen LogP contribution in [0.15, 0.2) is 52.7 Å². The van der Waals surface area contributed by atoms with Gasteiger partial charge in [0.15, 0.2) is 11.6 Å². The van der Waals surface area contributed by atoms with Gasteiger partial charge in [0.2, 0.25) is 5.16 Å². The van der Waals surface area contributed by atoms with Gasteiger partial charge in [-0.25, -0.2) is 0 Å². The number of Topliss-reactive ketones (excluding diaryl/α,β-unsaturated/α-hetero) is 1. The molecule has 8 heteroatoms. The molecular formula is C26H30N4O3S. The van der Waals surface area contributed by atoms with Gasteiger partial charge in [0, 0.05) is 17.0 Å². The van der Waals surface area contributed by atoms with Gasteiger partial charge >= 0.3 is 0 Å². The Morgan fingerprint density at radius 3 is 2.56 bits per heavy atom. The highest BCUT2D eigenvalue weighted by molar-refractivity contribution is 7.99. The Balaban J connectivity index is 1.61. The number of ketones is 1. The van der Waals surface area contributed by atoms with Gasteiger partial charge in [-0.15, -0.1) is 10.2 Å². The second-order valence-corrected chi connectivity index (χ2v) is 9.36. The van der Waals surface area contributed by atoms with E-state index in [9.17, 15) is 4.79 Å². The number of aryl methyl sites for hydroxylation is 1. The molecule has 0 radical (unpaired) electrons. The molecule has 1 saturated carbocycles. The molecule has 0 N–H and O–H groups in total. The van der Waals surface area contributed by atoms with E-state index in [0.717, 1.165) is 35.5 Å². The molecule has 4 rings (SSSR count). The predicted molar refractivity (Wildman–Crippen MR) is 135 cm³/mol. The lowest BCUT2D eigenvalue weighted by molar-refractivity contribution is 0.102. The number of methoxy groups -OCH3 is 2. The van der Waals surface area contributed by atoms with E-state index in [1.165, 1.54) is 31.0 Å². The number of ether oxygens (including phenoxy) is 2. The van der Waals surface area contributed by atoms with Crippen molar-refractivity contribution < 1.29 is 14.3 Å². The minimum atomic E-state index is 0.0530. The molecule has 1 aliphatic carbocycles. The van der Waals surface area contributed by atoms with Crippen molar-refractivity contribution in [2.24, 2.45) is 5.10 Å². The van der Waals surface area contributed by atoms with Crippen molar-refractivity contribution in [3.8, 4) is 11.5 Å². The molecule has 178 valence electrons. The summed E-state index contributed by atoms with van der Waals surface area (Å²) in [6.07, 6.45) is 7.50. The number of rotatable bonds is 9. The summed E-state index contributed by atoms with van der Waals surface area (Å²) in [5.41, 5.74) is 2.61. The van der Waals surface area contributed by atoms with Crippen LogP contribution in [-0.2, 0) is 0 Å². The number of aromatic nitrogens is 3. The lowest BCUT2D eigenvalue weighted by Crippen LogP contribution is -2.11. The van der Waals surface area contributed by atoms with E-state index in [2.05, 4.69) is 10.2 Å². The summed E-state index contributed by atoms with van der Waals surface area (Å²) in [5.74, 6) is 2.90. The monoisotopic (exact) mass is 478 g/mol. The van der Waals surface area contributed by atoms with Crippen molar-refractivity contribution in [1.29, 1.82) is 0 Å². The fourth-order valence-electron chi connectivity index (χ4n) is 4.10. The summed E-state index contributed by atoms with van der Waals surface area (Å²) in [6.45, 7) is 2.01. The number of nitrogens with zero attached hydrogens (tertiary/aromatic N) is 4. The highest BCUT2D eigenvalue weighted by Gasteiger charge is 2.24. The molecule has 0 atom stereocenters. The molecule has 1 heterocycles. The predicted octanol–water partition coefficient (Wildman–Crippen LogP) is 5.51. The molecule has 0 amide bonds. The smallest absolute Gasteiger partial charge is 0.212 e. The normalized spacial score (nSPS) is 14.4. The van der Waals surface area contributed by atoms with Crippen LogP contribution >= 0.6 is 11.8 Å². The first-order valence-electron chi connectivity index (χ1n) is 11.5. The van der Waals surface area contributed by atoms with Crippen LogP contribution in [0.5, 0.6) is 11.5 Å². The first kappa shape index (κ1) is 24.0. The van der Waals surface area contributed by atoms with Crippen LogP contribution in [-0.4, -0.2) is 46.8 Å². The Morgan fingerprint density at radius 2 is 1.85 bits per heavy atom. The molecule has 7 nitrogen and oxygen atoms in total. The Labute approximate surface area is 204 Å². The van der Waals surface area contributed by atoms with E-state index in [4.69, 9.17) is 14.6 Å². The Bertz CT molecular complexity index is 1150. The molecule has 0 spiro atoms. The van der Waals surface area contributed by atoms with E-state index in [-0.39, 0.29) is 11.5 Å². The molecule has 0 saturated heterocycles. The SMILES string of the molecule is COc1ccc(OC)c(/C=N/n2c(SCC(=O)c3ccc(C)cc3)nnc2C2CCCCC2)c1. The van der Waals surface area contributed by atoms with Gasteiger partial charge in [-0.2, -0.15) is 9.78 Å². The van der Waals surface area contributed by atoms with E-state index < -0.39 is 0 Å². The summed E-state index contributed by atoms with van der Waals surface area (Å²) in [6, 6.07) is 13.2. The van der Waals surface area contributed by atoms with Crippen LogP contribution in [0.4, 0.5) is 0 Å². The van der Waals surface area contributed by atoms with Crippen molar-refractivity contribution in [3.05, 3.63) is 65.0 Å². The molecule has 0 unspecified atom stereocenters. The van der Waals surface area contributed by atoms with Crippen molar-refractivity contribution in [3.63, 3.8) is 0 Å². The number of thioether (sulfide) groups is 1. The highest BCUT2D eigenvalue weighted by Crippen LogP contribution is 2.33. The molecule has 1 aromatic heterocycles. The van der Waals surface area contributed by atoms with Gasteiger partial charge in [0.1, 0.15) is 11.5 Å². The van der Waals surface area contributed by atoms with Gasteiger partial charge in [0.25, 0.3) is 0 Å². The van der Waals surface area contributed by atoms with Crippen LogP contribution in [0.1, 0.15) is 65.3 Å². The average molecular weight is 479 g/mol. The summed E-state index contributed by atoms with van der Waals surface area (Å²) in [4.78, 5) is 12.7. The van der Waals surface area contributed by atoms with Crippen LogP contribution < -0.4 is 9.47 Å². The highest BCUT2D eigenvalue weighted by atomic mass is 32.2. The minimum absolute atomic E-state index is 0.0530. The van der Waals surface area contributed by atoms with Crippen LogP contribution in [0.3, 0.4) is 0 Å². The van der Waals surface area contributed by atoms with E-state index in [1.54, 1.807) is 25.1 Å². The Kier molecular flexibility index (Phi) is 8.00. The number of carbonyl (C=O) groups excluding carboxylic acids is 1. The topological polar surface area (TPSA) is 78.6 Å². The maximum absolute atomic E-state index is 12.7. The van der Waals surface area contributed by atoms with Crippen molar-refractivity contribution >= 4 is 23.8 Å². The van der Waals surface area contributed by atoms with Crippen molar-refractivity contribution in [2.75, 3.05) is 20.0 Å². The average Bonchev–Trinajstić information content (AvgIpc) is 3.29. The molecular weight excluding hydrogens is 448 g/mol. The van der Waals surface area contributed by atoms with E-state index >= 15 is 0 Å². The zero-order valence-corrected chi connectivity index (χ0v) is 20.7. The summed E-state index contributed by atoms with van der Waals surface area (Å²) >= 11 is 1.36. The third-order valence-corrected chi connectivity index (χ3v) is 6.98. The maximum Gasteiger partial charge on any atom is 0.212 e. The first-order valence-corrected chi connectivity index (χ1v) is 12.5. The second kappa shape index (κ2) is 11.3. The molecule has 1 aliphatic rings. The number of benzene rings is 2. The molecule has 3 aromatic rings. The fraction of sp³-hybridized carbons (Fsp3) is 0.385. The van der Waals surface area contributed by atoms with Crippen molar-refractivity contribution in [1.82, 2.24) is 14.9 Å². The number of hydrogen-bond acceptors (Lipinski definition) is 7. The quantitative estimate of drug-likeness (QED) is 0.229. The number of hydrogen-bond donors (Lipinski definition) is 0. The minimum Gasteiger partial charge on any atom is -0.497 e. The van der Waals surface area contributed by atoms with Gasteiger partial charge in [-0.1, -0.05) is 60.9 Å². The standard InChI is InChI=1S/C26H30N4O3S/c1-18-9-11-19(12-10-18)23(31)17-34-26-29-28-25(20-7-5-4-6-8-20)30(26)27-16-21-15-22(32-2)13-14-24(21)33-3/h9-16,20H,4-8,17H2,1-3H3/b27-16+. The van der Waals surface area contributed by atoms with Gasteiger partial charge in [-0.05, 0) is 38.0 Å². The third-order valence-electron chi connectivity index (χ3n) is 6.06.